The van der Waals surface area contributed by atoms with Crippen molar-refractivity contribution in [2.75, 3.05) is 19.7 Å². The Morgan fingerprint density at radius 3 is 3.00 bits per heavy atom. The SMILES string of the molecule is OC(CNCCn1cccn1)COC1CCCC1. The predicted octanol–water partition coefficient (Wildman–Crippen LogP) is 0.793. The Bertz CT molecular complexity index is 310. The zero-order valence-electron chi connectivity index (χ0n) is 10.8. The average molecular weight is 253 g/mol. The molecule has 0 bridgehead atoms. The predicted molar refractivity (Wildman–Crippen MR) is 69.3 cm³/mol. The van der Waals surface area contributed by atoms with E-state index in [-0.39, 0.29) is 0 Å². The molecule has 1 aromatic heterocycles. The summed E-state index contributed by atoms with van der Waals surface area (Å²) in [5.74, 6) is 0. The van der Waals surface area contributed by atoms with Gasteiger partial charge in [0, 0.05) is 25.5 Å². The topological polar surface area (TPSA) is 59.3 Å². The van der Waals surface area contributed by atoms with Crippen LogP contribution in [0.1, 0.15) is 25.7 Å². The van der Waals surface area contributed by atoms with Crippen molar-refractivity contribution in [3.63, 3.8) is 0 Å². The Hall–Kier alpha value is -0.910. The molecule has 2 rings (SSSR count). The number of hydrogen-bond acceptors (Lipinski definition) is 4. The minimum atomic E-state index is -0.414. The summed E-state index contributed by atoms with van der Waals surface area (Å²) in [4.78, 5) is 0. The second-order valence-electron chi connectivity index (χ2n) is 4.87. The summed E-state index contributed by atoms with van der Waals surface area (Å²) in [5.41, 5.74) is 0. The van der Waals surface area contributed by atoms with E-state index < -0.39 is 6.10 Å². The molecule has 1 fully saturated rings. The zero-order valence-corrected chi connectivity index (χ0v) is 10.8. The summed E-state index contributed by atoms with van der Waals surface area (Å²) in [6.07, 6.45) is 8.50. The van der Waals surface area contributed by atoms with Crippen molar-refractivity contribution in [1.82, 2.24) is 15.1 Å². The zero-order chi connectivity index (χ0) is 12.6. The quantitative estimate of drug-likeness (QED) is 0.673. The van der Waals surface area contributed by atoms with Crippen LogP contribution in [-0.4, -0.2) is 46.8 Å². The van der Waals surface area contributed by atoms with E-state index in [9.17, 15) is 5.11 Å². The molecular formula is C13H23N3O2. The number of hydrogen-bond donors (Lipinski definition) is 2. The van der Waals surface area contributed by atoms with E-state index in [2.05, 4.69) is 10.4 Å². The van der Waals surface area contributed by atoms with Gasteiger partial charge in [-0.3, -0.25) is 4.68 Å². The fourth-order valence-electron chi connectivity index (χ4n) is 2.26. The Kier molecular flexibility index (Phi) is 5.64. The second-order valence-corrected chi connectivity index (χ2v) is 4.87. The van der Waals surface area contributed by atoms with E-state index in [1.165, 1.54) is 12.8 Å². The molecule has 0 spiro atoms. The normalized spacial score (nSPS) is 18.3. The van der Waals surface area contributed by atoms with Crippen LogP contribution in [0, 0.1) is 0 Å². The van der Waals surface area contributed by atoms with Crippen LogP contribution in [0.25, 0.3) is 0 Å². The molecule has 1 unspecified atom stereocenters. The fourth-order valence-corrected chi connectivity index (χ4v) is 2.26. The van der Waals surface area contributed by atoms with E-state index in [0.717, 1.165) is 25.9 Å². The number of aliphatic hydroxyl groups is 1. The molecule has 1 saturated carbocycles. The van der Waals surface area contributed by atoms with Gasteiger partial charge in [0.05, 0.1) is 25.4 Å². The van der Waals surface area contributed by atoms with Crippen molar-refractivity contribution in [1.29, 1.82) is 0 Å². The van der Waals surface area contributed by atoms with Crippen LogP contribution >= 0.6 is 0 Å². The summed E-state index contributed by atoms with van der Waals surface area (Å²) in [6.45, 7) is 2.65. The van der Waals surface area contributed by atoms with Gasteiger partial charge in [0.25, 0.3) is 0 Å². The van der Waals surface area contributed by atoms with Gasteiger partial charge < -0.3 is 15.2 Å². The van der Waals surface area contributed by atoms with Crippen LogP contribution in [0.4, 0.5) is 0 Å². The first kappa shape index (κ1) is 13.5. The van der Waals surface area contributed by atoms with Crippen LogP contribution in [0.15, 0.2) is 18.5 Å². The van der Waals surface area contributed by atoms with Gasteiger partial charge in [-0.25, -0.2) is 0 Å². The van der Waals surface area contributed by atoms with Crippen LogP contribution in [0.5, 0.6) is 0 Å². The summed E-state index contributed by atoms with van der Waals surface area (Å²) in [6, 6.07) is 1.91. The van der Waals surface area contributed by atoms with Gasteiger partial charge in [0.15, 0.2) is 0 Å². The Labute approximate surface area is 108 Å². The van der Waals surface area contributed by atoms with Crippen molar-refractivity contribution in [2.45, 2.75) is 44.4 Å². The first-order valence-corrected chi connectivity index (χ1v) is 6.82. The highest BCUT2D eigenvalue weighted by molar-refractivity contribution is 4.77. The van der Waals surface area contributed by atoms with Crippen LogP contribution < -0.4 is 5.32 Å². The standard InChI is InChI=1S/C13H23N3O2/c17-12(11-18-13-4-1-2-5-13)10-14-7-9-16-8-3-6-15-16/h3,6,8,12-14,17H,1-2,4-5,7,9-11H2. The van der Waals surface area contributed by atoms with E-state index in [1.54, 1.807) is 6.20 Å². The fraction of sp³-hybridized carbons (Fsp3) is 0.769. The first-order valence-electron chi connectivity index (χ1n) is 6.82. The van der Waals surface area contributed by atoms with Gasteiger partial charge in [-0.2, -0.15) is 5.10 Å². The van der Waals surface area contributed by atoms with Gasteiger partial charge >= 0.3 is 0 Å². The summed E-state index contributed by atoms with van der Waals surface area (Å²) in [5, 5.41) is 17.1. The van der Waals surface area contributed by atoms with E-state index in [0.29, 0.717) is 19.3 Å². The van der Waals surface area contributed by atoms with Gasteiger partial charge in [0.2, 0.25) is 0 Å². The van der Waals surface area contributed by atoms with Gasteiger partial charge in [-0.05, 0) is 18.9 Å². The van der Waals surface area contributed by atoms with Crippen molar-refractivity contribution in [3.05, 3.63) is 18.5 Å². The van der Waals surface area contributed by atoms with E-state index in [1.807, 2.05) is 16.9 Å². The molecule has 1 heterocycles. The first-order chi connectivity index (χ1) is 8.84. The minimum absolute atomic E-state index is 0.378. The van der Waals surface area contributed by atoms with Crippen LogP contribution in [-0.2, 0) is 11.3 Å². The molecular weight excluding hydrogens is 230 g/mol. The molecule has 0 saturated heterocycles. The summed E-state index contributed by atoms with van der Waals surface area (Å²) in [7, 11) is 0. The third-order valence-corrected chi connectivity index (χ3v) is 3.28. The lowest BCUT2D eigenvalue weighted by molar-refractivity contribution is -0.00540. The molecule has 102 valence electrons. The molecule has 1 atom stereocenters. The third-order valence-electron chi connectivity index (χ3n) is 3.28. The number of rotatable bonds is 8. The third kappa shape index (κ3) is 4.76. The highest BCUT2D eigenvalue weighted by Gasteiger charge is 2.16. The van der Waals surface area contributed by atoms with Crippen LogP contribution in [0.2, 0.25) is 0 Å². The number of ether oxygens (including phenoxy) is 1. The molecule has 5 nitrogen and oxygen atoms in total. The van der Waals surface area contributed by atoms with Gasteiger partial charge in [0.1, 0.15) is 0 Å². The van der Waals surface area contributed by atoms with Crippen molar-refractivity contribution >= 4 is 0 Å². The molecule has 0 radical (unpaired) electrons. The smallest absolute Gasteiger partial charge is 0.0897 e. The van der Waals surface area contributed by atoms with Crippen molar-refractivity contribution < 1.29 is 9.84 Å². The highest BCUT2D eigenvalue weighted by Crippen LogP contribution is 2.20. The molecule has 1 aliphatic carbocycles. The van der Waals surface area contributed by atoms with E-state index >= 15 is 0 Å². The van der Waals surface area contributed by atoms with E-state index in [4.69, 9.17) is 4.74 Å². The number of nitrogens with zero attached hydrogens (tertiary/aromatic N) is 2. The summed E-state index contributed by atoms with van der Waals surface area (Å²) >= 11 is 0. The lowest BCUT2D eigenvalue weighted by Gasteiger charge is -2.16. The van der Waals surface area contributed by atoms with Crippen molar-refractivity contribution in [2.24, 2.45) is 0 Å². The molecule has 1 aromatic rings. The minimum Gasteiger partial charge on any atom is -0.389 e. The molecule has 18 heavy (non-hydrogen) atoms. The second kappa shape index (κ2) is 7.51. The lowest BCUT2D eigenvalue weighted by atomic mass is 10.3. The number of aliphatic hydroxyl groups excluding tert-OH is 1. The number of aromatic nitrogens is 2. The Morgan fingerprint density at radius 2 is 2.28 bits per heavy atom. The molecule has 2 N–H and O–H groups in total. The number of nitrogens with one attached hydrogen (secondary N) is 1. The summed E-state index contributed by atoms with van der Waals surface area (Å²) < 4.78 is 7.53. The maximum atomic E-state index is 9.76. The lowest BCUT2D eigenvalue weighted by Crippen LogP contribution is -2.33. The van der Waals surface area contributed by atoms with Crippen LogP contribution in [0.3, 0.4) is 0 Å². The molecule has 5 heteroatoms. The average Bonchev–Trinajstić information content (AvgIpc) is 3.04. The monoisotopic (exact) mass is 253 g/mol. The van der Waals surface area contributed by atoms with Gasteiger partial charge in [-0.15, -0.1) is 0 Å². The largest absolute Gasteiger partial charge is 0.389 e. The van der Waals surface area contributed by atoms with Crippen molar-refractivity contribution in [3.8, 4) is 0 Å². The maximum absolute atomic E-state index is 9.76. The molecule has 0 amide bonds. The maximum Gasteiger partial charge on any atom is 0.0897 e. The highest BCUT2D eigenvalue weighted by atomic mass is 16.5. The molecule has 0 aliphatic heterocycles. The Morgan fingerprint density at radius 1 is 1.44 bits per heavy atom. The van der Waals surface area contributed by atoms with Gasteiger partial charge in [-0.1, -0.05) is 12.8 Å². The Balaban J connectivity index is 1.47. The molecule has 0 aromatic carbocycles. The molecule has 1 aliphatic rings.